The number of para-hydroxylation sites is 1. The maximum absolute atomic E-state index is 13.0. The molecule has 0 radical (unpaired) electrons. The van der Waals surface area contributed by atoms with Gasteiger partial charge in [-0.05, 0) is 43.2 Å². The molecule has 2 aromatic heterocycles. The smallest absolute Gasteiger partial charge is 0.275 e. The van der Waals surface area contributed by atoms with E-state index in [0.29, 0.717) is 25.1 Å². The molecule has 0 aliphatic rings. The molecule has 2 N–H and O–H groups in total. The zero-order valence-electron chi connectivity index (χ0n) is 18.4. The van der Waals surface area contributed by atoms with E-state index in [0.717, 1.165) is 22.3 Å². The van der Waals surface area contributed by atoms with Gasteiger partial charge in [-0.25, -0.2) is 8.42 Å². The summed E-state index contributed by atoms with van der Waals surface area (Å²) in [5, 5.41) is 4.45. The minimum Gasteiger partial charge on any atom is -0.384 e. The van der Waals surface area contributed by atoms with Crippen molar-refractivity contribution in [3.8, 4) is 0 Å². The number of anilines is 2. The highest BCUT2D eigenvalue weighted by Gasteiger charge is 2.15. The van der Waals surface area contributed by atoms with Crippen LogP contribution in [0.1, 0.15) is 17.7 Å². The molecule has 4 rings (SSSR count). The van der Waals surface area contributed by atoms with Crippen LogP contribution in [0.2, 0.25) is 0 Å². The van der Waals surface area contributed by atoms with Gasteiger partial charge in [0, 0.05) is 36.1 Å². The molecule has 8 heteroatoms. The Kier molecular flexibility index (Phi) is 6.74. The van der Waals surface area contributed by atoms with E-state index in [2.05, 4.69) is 15.0 Å². The molecule has 2 heterocycles. The number of benzene rings is 2. The Morgan fingerprint density at radius 3 is 2.48 bits per heavy atom. The number of sulfonamides is 1. The fraction of sp³-hybridized carbons (Fsp3) is 0.200. The van der Waals surface area contributed by atoms with Gasteiger partial charge in [0.2, 0.25) is 10.0 Å². The molecule has 0 aliphatic carbocycles. The van der Waals surface area contributed by atoms with Crippen LogP contribution >= 0.6 is 0 Å². The molecule has 0 fully saturated rings. The molecular weight excluding hydrogens is 436 g/mol. The Hall–Kier alpha value is -3.65. The summed E-state index contributed by atoms with van der Waals surface area (Å²) in [6.45, 7) is 2.96. The van der Waals surface area contributed by atoms with Crippen molar-refractivity contribution < 1.29 is 8.42 Å². The number of aryl methyl sites for hydroxylation is 1. The average Bonchev–Trinajstić information content (AvgIpc) is 2.81. The van der Waals surface area contributed by atoms with Crippen molar-refractivity contribution in [2.75, 3.05) is 16.6 Å². The van der Waals surface area contributed by atoms with Gasteiger partial charge in [-0.15, -0.1) is 0 Å². The third kappa shape index (κ3) is 5.59. The lowest BCUT2D eigenvalue weighted by Gasteiger charge is -2.14. The lowest BCUT2D eigenvalue weighted by Crippen LogP contribution is -2.28. The molecule has 170 valence electrons. The molecule has 0 aliphatic heterocycles. The van der Waals surface area contributed by atoms with Gasteiger partial charge in [0.05, 0.1) is 11.3 Å². The molecule has 0 saturated carbocycles. The van der Waals surface area contributed by atoms with E-state index in [-0.39, 0.29) is 17.0 Å². The van der Waals surface area contributed by atoms with Crippen LogP contribution in [0.3, 0.4) is 0 Å². The summed E-state index contributed by atoms with van der Waals surface area (Å²) in [7, 11) is -3.70. The predicted octanol–water partition coefficient (Wildman–Crippen LogP) is 4.15. The van der Waals surface area contributed by atoms with Crippen molar-refractivity contribution in [1.29, 1.82) is 0 Å². The van der Waals surface area contributed by atoms with E-state index >= 15 is 0 Å². The van der Waals surface area contributed by atoms with Crippen molar-refractivity contribution in [2.24, 2.45) is 0 Å². The van der Waals surface area contributed by atoms with Gasteiger partial charge in [0.25, 0.3) is 5.56 Å². The van der Waals surface area contributed by atoms with Crippen LogP contribution in [0, 0.1) is 6.92 Å². The third-order valence-electron chi connectivity index (χ3n) is 5.38. The second-order valence-electron chi connectivity index (χ2n) is 7.85. The lowest BCUT2D eigenvalue weighted by molar-refractivity contribution is 0.599. The van der Waals surface area contributed by atoms with Crippen LogP contribution in [-0.2, 0) is 22.3 Å². The molecule has 2 aromatic carbocycles. The third-order valence-corrected chi connectivity index (χ3v) is 6.62. The average molecular weight is 463 g/mol. The van der Waals surface area contributed by atoms with Gasteiger partial charge >= 0.3 is 0 Å². The predicted molar refractivity (Wildman–Crippen MR) is 133 cm³/mol. The maximum Gasteiger partial charge on any atom is 0.275 e. The molecule has 4 aromatic rings. The van der Waals surface area contributed by atoms with Crippen molar-refractivity contribution >= 4 is 32.3 Å². The van der Waals surface area contributed by atoms with Crippen molar-refractivity contribution in [3.05, 3.63) is 101 Å². The van der Waals surface area contributed by atoms with E-state index in [1.807, 2.05) is 43.3 Å². The normalized spacial score (nSPS) is 11.4. The molecule has 0 amide bonds. The zero-order valence-corrected chi connectivity index (χ0v) is 19.2. The maximum atomic E-state index is 13.0. The zero-order chi connectivity index (χ0) is 23.3. The van der Waals surface area contributed by atoms with E-state index < -0.39 is 10.0 Å². The van der Waals surface area contributed by atoms with Gasteiger partial charge < -0.3 is 9.88 Å². The minimum absolute atomic E-state index is 0.0598. The topological polar surface area (TPSA) is 93.1 Å². The second kappa shape index (κ2) is 9.87. The lowest BCUT2D eigenvalue weighted by atomic mass is 10.2. The first-order valence-electron chi connectivity index (χ1n) is 10.8. The molecule has 0 unspecified atom stereocenters. The number of hydrogen-bond donors (Lipinski definition) is 2. The van der Waals surface area contributed by atoms with Crippen LogP contribution in [0.15, 0.2) is 83.8 Å². The van der Waals surface area contributed by atoms with Crippen LogP contribution < -0.4 is 15.6 Å². The largest absolute Gasteiger partial charge is 0.384 e. The molecule has 0 saturated heterocycles. The summed E-state index contributed by atoms with van der Waals surface area (Å²) in [6.07, 6.45) is 2.46. The van der Waals surface area contributed by atoms with Crippen molar-refractivity contribution in [3.63, 3.8) is 0 Å². The Balaban J connectivity index is 1.42. The van der Waals surface area contributed by atoms with Crippen molar-refractivity contribution in [2.45, 2.75) is 25.6 Å². The van der Waals surface area contributed by atoms with Gasteiger partial charge in [-0.3, -0.25) is 14.5 Å². The SMILES string of the molecule is Cc1ccc(NS(=O)(=O)Cc2ccccc2)c(=O)n1CCCNc1ccnc2ccccc12. The molecule has 33 heavy (non-hydrogen) atoms. The highest BCUT2D eigenvalue weighted by Crippen LogP contribution is 2.20. The van der Waals surface area contributed by atoms with Gasteiger partial charge in [0.1, 0.15) is 5.69 Å². The summed E-state index contributed by atoms with van der Waals surface area (Å²) in [5.41, 5.74) is 3.07. The molecule has 0 bridgehead atoms. The molecule has 0 atom stereocenters. The van der Waals surface area contributed by atoms with E-state index in [9.17, 15) is 13.2 Å². The first-order valence-corrected chi connectivity index (χ1v) is 12.4. The summed E-state index contributed by atoms with van der Waals surface area (Å²) in [4.78, 5) is 17.3. The Morgan fingerprint density at radius 2 is 1.67 bits per heavy atom. The minimum atomic E-state index is -3.70. The fourth-order valence-corrected chi connectivity index (χ4v) is 4.93. The first kappa shape index (κ1) is 22.5. The summed E-state index contributed by atoms with van der Waals surface area (Å²) in [6, 6.07) is 22.0. The summed E-state index contributed by atoms with van der Waals surface area (Å²) >= 11 is 0. The number of fused-ring (bicyclic) bond motifs is 1. The summed E-state index contributed by atoms with van der Waals surface area (Å²) in [5.74, 6) is -0.190. The van der Waals surface area contributed by atoms with Crippen LogP contribution in [0.4, 0.5) is 11.4 Å². The monoisotopic (exact) mass is 462 g/mol. The Morgan fingerprint density at radius 1 is 0.909 bits per heavy atom. The molecular formula is C25H26N4O3S. The molecule has 7 nitrogen and oxygen atoms in total. The number of nitrogens with one attached hydrogen (secondary N) is 2. The standard InChI is InChI=1S/C25H26N4O3S/c1-19-12-13-24(28-33(31,32)18-20-8-3-2-4-9-20)25(30)29(19)17-7-15-26-23-14-16-27-22-11-6-5-10-21(22)23/h2-6,8-14,16,28H,7,15,17-18H2,1H3,(H,26,27). The number of aromatic nitrogens is 2. The number of pyridine rings is 2. The highest BCUT2D eigenvalue weighted by atomic mass is 32.2. The highest BCUT2D eigenvalue weighted by molar-refractivity contribution is 7.91. The Bertz CT molecular complexity index is 1410. The second-order valence-corrected chi connectivity index (χ2v) is 9.57. The van der Waals surface area contributed by atoms with Crippen molar-refractivity contribution in [1.82, 2.24) is 9.55 Å². The van der Waals surface area contributed by atoms with Crippen LogP contribution in [0.5, 0.6) is 0 Å². The van der Waals surface area contributed by atoms with Gasteiger partial charge in [-0.2, -0.15) is 0 Å². The van der Waals surface area contributed by atoms with Crippen LogP contribution in [0.25, 0.3) is 10.9 Å². The Labute approximate surface area is 193 Å². The first-order chi connectivity index (χ1) is 15.9. The number of hydrogen-bond acceptors (Lipinski definition) is 5. The van der Waals surface area contributed by atoms with Gasteiger partial charge in [0.15, 0.2) is 0 Å². The van der Waals surface area contributed by atoms with Gasteiger partial charge in [-0.1, -0.05) is 48.5 Å². The van der Waals surface area contributed by atoms with E-state index in [1.54, 1.807) is 41.1 Å². The van der Waals surface area contributed by atoms with Crippen LogP contribution in [-0.4, -0.2) is 24.5 Å². The number of nitrogens with zero attached hydrogens (tertiary/aromatic N) is 2. The number of rotatable bonds is 9. The molecule has 0 spiro atoms. The fourth-order valence-electron chi connectivity index (χ4n) is 3.73. The quantitative estimate of drug-likeness (QED) is 0.365. The van der Waals surface area contributed by atoms with E-state index in [4.69, 9.17) is 0 Å². The summed E-state index contributed by atoms with van der Waals surface area (Å²) < 4.78 is 29.2. The van der Waals surface area contributed by atoms with E-state index in [1.165, 1.54) is 6.07 Å².